The molecule has 9 aliphatic rings. The number of ether oxygens (including phenoxy) is 7. The van der Waals surface area contributed by atoms with E-state index in [0.717, 1.165) is 103 Å². The summed E-state index contributed by atoms with van der Waals surface area (Å²) in [6.07, 6.45) is -16.1. The van der Waals surface area contributed by atoms with Crippen molar-refractivity contribution in [1.29, 1.82) is 0 Å². The van der Waals surface area contributed by atoms with Gasteiger partial charge in [0.2, 0.25) is 35.1 Å². The van der Waals surface area contributed by atoms with Gasteiger partial charge in [0, 0.05) is 114 Å². The van der Waals surface area contributed by atoms with Crippen molar-refractivity contribution in [1.82, 2.24) is 74.9 Å². The number of rotatable bonds is 20. The molecular formula is C96H121BrF17N15O20. The number of urea groups is 3. The summed E-state index contributed by atoms with van der Waals surface area (Å²) in [5.41, 5.74) is -15.5. The van der Waals surface area contributed by atoms with E-state index in [1.807, 2.05) is 0 Å². The molecule has 0 bridgehead atoms. The number of nitrogens with zero attached hydrogens (tertiary/aromatic N) is 14. The van der Waals surface area contributed by atoms with Gasteiger partial charge >= 0.3 is 67.3 Å². The van der Waals surface area contributed by atoms with Gasteiger partial charge in [-0.1, -0.05) is 31.4 Å². The molecule has 149 heavy (non-hydrogen) atoms. The number of halogens is 18. The van der Waals surface area contributed by atoms with Crippen molar-refractivity contribution in [2.45, 2.75) is 276 Å². The Morgan fingerprint density at radius 2 is 0.738 bits per heavy atom. The van der Waals surface area contributed by atoms with Crippen molar-refractivity contribution in [2.75, 3.05) is 104 Å². The highest BCUT2D eigenvalue weighted by Crippen LogP contribution is 2.47. The number of carbonyl (C=O) groups excluding carboxylic acids is 9. The minimum absolute atomic E-state index is 0.142. The lowest BCUT2D eigenvalue weighted by Crippen LogP contribution is -2.58. The van der Waals surface area contributed by atoms with Gasteiger partial charge in [-0.25, -0.2) is 37.5 Å². The molecule has 15 rings (SSSR count). The summed E-state index contributed by atoms with van der Waals surface area (Å²) in [6.45, 7) is 22.6. The van der Waals surface area contributed by atoms with Gasteiger partial charge < -0.3 is 81.7 Å². The Balaban J connectivity index is 0.000000198. The predicted molar refractivity (Wildman–Crippen MR) is 494 cm³/mol. The first-order valence-electron chi connectivity index (χ1n) is 48.2. The highest BCUT2D eigenvalue weighted by atomic mass is 79.9. The summed E-state index contributed by atoms with van der Waals surface area (Å²) >= 11 is 3.44. The van der Waals surface area contributed by atoms with Gasteiger partial charge in [-0.15, -0.1) is 0 Å². The molecule has 0 saturated carbocycles. The van der Waals surface area contributed by atoms with E-state index in [2.05, 4.69) is 51.7 Å². The number of imide groups is 3. The number of hydrogen-bond acceptors (Lipinski definition) is 26. The van der Waals surface area contributed by atoms with E-state index < -0.39 is 190 Å². The number of carbonyl (C=O) groups is 9. The topological polar surface area (TPSA) is 393 Å². The lowest BCUT2D eigenvalue weighted by Gasteiger charge is -2.42. The first kappa shape index (κ1) is 118. The van der Waals surface area contributed by atoms with E-state index in [1.165, 1.54) is 34.0 Å². The molecule has 0 aliphatic carbocycles. The van der Waals surface area contributed by atoms with Crippen LogP contribution in [0.1, 0.15) is 221 Å². The molecule has 9 fully saturated rings. The molecule has 826 valence electrons. The van der Waals surface area contributed by atoms with Gasteiger partial charge in [-0.3, -0.25) is 29.1 Å². The molecule has 3 aromatic carbocycles. The fraction of sp³-hybridized carbons (Fsp3) is 0.656. The second-order valence-electron chi connectivity index (χ2n) is 41.6. The third-order valence-electron chi connectivity index (χ3n) is 26.2. The maximum absolute atomic E-state index is 14.1. The largest absolute Gasteiger partial charge is 0.492 e. The van der Waals surface area contributed by atoms with Crippen molar-refractivity contribution >= 4 is 70.0 Å². The highest BCUT2D eigenvalue weighted by Gasteiger charge is 2.62. The zero-order chi connectivity index (χ0) is 110. The van der Waals surface area contributed by atoms with Gasteiger partial charge in [0.1, 0.15) is 77.0 Å². The lowest BCUT2D eigenvalue weighted by atomic mass is 9.85. The van der Waals surface area contributed by atoms with Crippen LogP contribution in [0.4, 0.5) is 103 Å². The minimum atomic E-state index is -5.00. The number of alkyl halides is 16. The number of amides is 12. The number of aromatic nitrogens is 6. The Morgan fingerprint density at radius 3 is 1.05 bits per heavy atom. The normalized spacial score (nSPS) is 19.0. The van der Waals surface area contributed by atoms with E-state index in [0.29, 0.717) is 95.9 Å². The highest BCUT2D eigenvalue weighted by molar-refractivity contribution is 9.09. The number of nitrogens with one attached hydrogen (secondary N) is 1. The summed E-state index contributed by atoms with van der Waals surface area (Å²) in [5.74, 6) is -5.11. The number of benzene rings is 3. The van der Waals surface area contributed by atoms with Crippen LogP contribution in [0.2, 0.25) is 0 Å². The third-order valence-corrected chi connectivity index (χ3v) is 26.7. The first-order valence-corrected chi connectivity index (χ1v) is 49.3. The van der Waals surface area contributed by atoms with Gasteiger partial charge in [-0.2, -0.15) is 80.8 Å². The van der Waals surface area contributed by atoms with Crippen LogP contribution < -0.4 is 10.1 Å². The standard InChI is InChI=1S/C34H43F6N5O7.C29H35F4N5O6.C22H23F4N5O5.C7H13BrO.C4H7F3O/c1-30(2,3)51-29(48)43-14-11-32(12-15-43)27(46)44(28(47)45(32)13-8-21-9-16-49-17-10-21)19-25-41-26(42-52-25)22-6-7-24(23(18-22)33(35,36)37)50-20-31(4,5)34(38,39)40;1-27(2,3)43-26(41)36-12-9-28(10-13-36)24(39)37(25(40)38(28)11-6-18-7-14-42-15-8-18)17-22-34-23(35-44-22)19-4-5-21(30)20(16-19)29(31,32)33;1-20(2,3)35-19(34)30-8-6-21(7-9-30)17(32)31(18(33)28-21)11-15-27-16(29-36-15)12-4-5-14(23)13(10-12)22(24,25)26;8-4-1-7-2-5-9-6-3-7;1-3(2,8)4(5,6)7/h6-7,18,21H,8-17,19-20H2,1-5H3;4-5,16,18H,6-15,17H2,1-3H3;4-5,10H,6-9,11H2,1-3H3,(H,28,33);7H,1-6H2;8H,1-2H3. The van der Waals surface area contributed by atoms with Crippen molar-refractivity contribution in [2.24, 2.45) is 23.2 Å². The summed E-state index contributed by atoms with van der Waals surface area (Å²) in [6, 6.07) is 5.34. The average Bonchev–Trinajstić information content (AvgIpc) is 1.58. The Morgan fingerprint density at radius 1 is 0.430 bits per heavy atom. The van der Waals surface area contributed by atoms with Crippen molar-refractivity contribution in [3.63, 3.8) is 0 Å². The number of piperidine rings is 3. The van der Waals surface area contributed by atoms with Gasteiger partial charge in [0.15, 0.2) is 5.60 Å². The molecule has 2 N–H and O–H groups in total. The summed E-state index contributed by atoms with van der Waals surface area (Å²) in [4.78, 5) is 142. The SMILES string of the molecule is BrCCC1CCOCC1.CC(C)(C)OC(=O)N1CCC2(CC1)C(=O)N(Cc1nc(-c3ccc(F)c(C(F)(F)F)c3)no1)C(=O)N2CCC1CCOCC1.CC(C)(C)OC(=O)N1CCC2(CC1)C(=O)N(Cc1nc(-c3ccc(OCC(C)(C)C(F)(F)F)c(C(F)(F)F)c3)no1)C(=O)N2CCC1CCOCC1.CC(C)(C)OC(=O)N1CCC2(CC1)NC(=O)N(Cc1nc(-c3ccc(F)c(C(F)(F)F)c3)no1)C2=O.CC(C)(O)C(F)(F)F. The molecule has 6 aromatic rings. The fourth-order valence-corrected chi connectivity index (χ4v) is 18.1. The summed E-state index contributed by atoms with van der Waals surface area (Å²) in [7, 11) is 0. The minimum Gasteiger partial charge on any atom is -0.492 e. The zero-order valence-corrected chi connectivity index (χ0v) is 85.8. The second-order valence-corrected chi connectivity index (χ2v) is 42.4. The van der Waals surface area contributed by atoms with Gasteiger partial charge in [-0.05, 0) is 259 Å². The maximum atomic E-state index is 14.1. The van der Waals surface area contributed by atoms with Crippen LogP contribution in [0, 0.1) is 34.8 Å². The van der Waals surface area contributed by atoms with Crippen LogP contribution in [0.3, 0.4) is 0 Å². The average molecular weight is 2210 g/mol. The summed E-state index contributed by atoms with van der Waals surface area (Å²) in [5, 5.41) is 23.1. The molecule has 12 heterocycles. The van der Waals surface area contributed by atoms with E-state index in [4.69, 9.17) is 51.8 Å². The Labute approximate surface area is 854 Å². The number of likely N-dealkylation sites (tertiary alicyclic amines) is 3. The molecule has 12 amide bonds. The molecule has 3 spiro atoms. The van der Waals surface area contributed by atoms with E-state index in [-0.39, 0.29) is 142 Å². The van der Waals surface area contributed by atoms with Crippen LogP contribution >= 0.6 is 15.9 Å². The molecule has 9 aliphatic heterocycles. The molecule has 0 radical (unpaired) electrons. The predicted octanol–water partition coefficient (Wildman–Crippen LogP) is 19.6. The molecule has 53 heteroatoms. The quantitative estimate of drug-likeness (QED) is 0.0310. The molecule has 3 aromatic heterocycles. The summed E-state index contributed by atoms with van der Waals surface area (Å²) < 4.78 is 275. The monoisotopic (exact) mass is 2210 g/mol. The Kier molecular flexibility index (Phi) is 37.1. The maximum Gasteiger partial charge on any atom is 0.419 e. The lowest BCUT2D eigenvalue weighted by molar-refractivity contribution is -0.245. The van der Waals surface area contributed by atoms with Crippen molar-refractivity contribution in [3.8, 4) is 39.9 Å². The molecule has 0 atom stereocenters. The molecule has 35 nitrogen and oxygen atoms in total. The molecule has 0 unspecified atom stereocenters. The van der Waals surface area contributed by atoms with Crippen LogP contribution in [-0.2, 0) is 81.0 Å². The van der Waals surface area contributed by atoms with Crippen LogP contribution in [0.25, 0.3) is 34.2 Å². The zero-order valence-electron chi connectivity index (χ0n) is 84.2. The van der Waals surface area contributed by atoms with Crippen LogP contribution in [0.5, 0.6) is 5.75 Å². The number of hydrogen-bond donors (Lipinski definition) is 2. The first-order chi connectivity index (χ1) is 69.2. The van der Waals surface area contributed by atoms with E-state index in [9.17, 15) is 118 Å². The van der Waals surface area contributed by atoms with E-state index >= 15 is 0 Å². The number of aliphatic hydroxyl groups is 1. The Hall–Kier alpha value is -11.4. The van der Waals surface area contributed by atoms with Crippen LogP contribution in [0.15, 0.2) is 68.2 Å². The van der Waals surface area contributed by atoms with Gasteiger partial charge in [0.25, 0.3) is 17.7 Å². The fourth-order valence-electron chi connectivity index (χ4n) is 17.5. The molecule has 9 saturated heterocycles. The second kappa shape index (κ2) is 46.9. The molecular weight excluding hydrogens is 2090 g/mol. The van der Waals surface area contributed by atoms with Gasteiger partial charge in [0.05, 0.1) is 22.1 Å². The van der Waals surface area contributed by atoms with Crippen molar-refractivity contribution in [3.05, 3.63) is 101 Å². The van der Waals surface area contributed by atoms with Crippen LogP contribution in [-0.4, -0.2) is 284 Å². The van der Waals surface area contributed by atoms with E-state index in [1.54, 1.807) is 72.1 Å². The Bertz CT molecular complexity index is 5640. The third kappa shape index (κ3) is 29.9. The van der Waals surface area contributed by atoms with Crippen molar-refractivity contribution < 1.29 is 170 Å². The smallest absolute Gasteiger partial charge is 0.419 e.